The minimum Gasteiger partial charge on any atom is -0.387 e. The molecule has 0 fully saturated rings. The molecule has 0 saturated heterocycles. The third kappa shape index (κ3) is 2.91. The highest BCUT2D eigenvalue weighted by Gasteiger charge is 2.16. The molecular formula is C13H17N3OS. The highest BCUT2D eigenvalue weighted by atomic mass is 32.1. The van der Waals surface area contributed by atoms with Crippen LogP contribution in [0.5, 0.6) is 0 Å². The van der Waals surface area contributed by atoms with Gasteiger partial charge in [0.1, 0.15) is 0 Å². The van der Waals surface area contributed by atoms with E-state index in [1.807, 2.05) is 19.2 Å². The van der Waals surface area contributed by atoms with Gasteiger partial charge in [0.05, 0.1) is 16.7 Å². The molecule has 0 bridgehead atoms. The molecule has 0 aromatic carbocycles. The Labute approximate surface area is 111 Å². The van der Waals surface area contributed by atoms with Crippen molar-refractivity contribution in [1.29, 1.82) is 0 Å². The Morgan fingerprint density at radius 1 is 1.28 bits per heavy atom. The van der Waals surface area contributed by atoms with E-state index in [1.54, 1.807) is 0 Å². The molecular weight excluding hydrogens is 246 g/mol. The van der Waals surface area contributed by atoms with E-state index in [4.69, 9.17) is 0 Å². The van der Waals surface area contributed by atoms with Gasteiger partial charge in [-0.2, -0.15) is 0 Å². The number of aromatic nitrogens is 3. The van der Waals surface area contributed by atoms with Gasteiger partial charge in [-0.3, -0.25) is 4.98 Å². The fourth-order valence-electron chi connectivity index (χ4n) is 1.79. The summed E-state index contributed by atoms with van der Waals surface area (Å²) >= 11 is 1.27. The Balaban J connectivity index is 2.08. The number of aliphatic hydroxyl groups is 1. The summed E-state index contributed by atoms with van der Waals surface area (Å²) in [5.74, 6) is 0. The highest BCUT2D eigenvalue weighted by Crippen LogP contribution is 2.23. The third-order valence-electron chi connectivity index (χ3n) is 2.92. The van der Waals surface area contributed by atoms with E-state index in [1.165, 1.54) is 17.1 Å². The lowest BCUT2D eigenvalue weighted by Gasteiger charge is -2.09. The van der Waals surface area contributed by atoms with Gasteiger partial charge in [0, 0.05) is 18.3 Å². The maximum absolute atomic E-state index is 10.2. The van der Waals surface area contributed by atoms with E-state index >= 15 is 0 Å². The van der Waals surface area contributed by atoms with E-state index in [0.29, 0.717) is 6.42 Å². The summed E-state index contributed by atoms with van der Waals surface area (Å²) in [4.78, 5) is 5.22. The van der Waals surface area contributed by atoms with Crippen molar-refractivity contribution in [1.82, 2.24) is 14.6 Å². The van der Waals surface area contributed by atoms with Crippen LogP contribution in [0.4, 0.5) is 0 Å². The Kier molecular flexibility index (Phi) is 4.38. The lowest BCUT2D eigenvalue weighted by molar-refractivity contribution is 0.180. The molecule has 0 aliphatic rings. The second-order valence-corrected chi connectivity index (χ2v) is 4.95. The molecule has 0 amide bonds. The molecule has 2 aromatic rings. The number of aliphatic hydroxyl groups excluding tert-OH is 1. The first-order chi connectivity index (χ1) is 8.74. The average molecular weight is 263 g/mol. The van der Waals surface area contributed by atoms with Crippen molar-refractivity contribution in [2.75, 3.05) is 0 Å². The highest BCUT2D eigenvalue weighted by molar-refractivity contribution is 7.05. The van der Waals surface area contributed by atoms with Gasteiger partial charge in [0.25, 0.3) is 0 Å². The molecule has 0 saturated carbocycles. The van der Waals surface area contributed by atoms with Crippen LogP contribution in [0.3, 0.4) is 0 Å². The van der Waals surface area contributed by atoms with Crippen LogP contribution in [0.1, 0.15) is 41.8 Å². The number of aryl methyl sites for hydroxylation is 2. The number of hydrogen-bond donors (Lipinski definition) is 1. The standard InChI is InChI=1S/C13H17N3OS/c1-3-9-5-6-10(14-8-9)7-12(17)13-11(4-2)15-16-18-13/h5-6,8,12,17H,3-4,7H2,1-2H3. The predicted octanol–water partition coefficient (Wildman–Crippen LogP) is 2.33. The van der Waals surface area contributed by atoms with Crippen molar-refractivity contribution in [2.24, 2.45) is 0 Å². The van der Waals surface area contributed by atoms with Crippen LogP contribution in [0.2, 0.25) is 0 Å². The number of hydrogen-bond acceptors (Lipinski definition) is 5. The van der Waals surface area contributed by atoms with Crippen molar-refractivity contribution in [2.45, 2.75) is 39.2 Å². The molecule has 0 spiro atoms. The number of rotatable bonds is 5. The molecule has 1 N–H and O–H groups in total. The normalized spacial score (nSPS) is 12.6. The van der Waals surface area contributed by atoms with Gasteiger partial charge in [-0.1, -0.05) is 24.4 Å². The van der Waals surface area contributed by atoms with Gasteiger partial charge in [-0.15, -0.1) is 5.10 Å². The van der Waals surface area contributed by atoms with E-state index in [0.717, 1.165) is 29.1 Å². The second kappa shape index (κ2) is 6.02. The smallest absolute Gasteiger partial charge is 0.0972 e. The molecule has 4 nitrogen and oxygen atoms in total. The monoisotopic (exact) mass is 263 g/mol. The molecule has 2 heterocycles. The lowest BCUT2D eigenvalue weighted by Crippen LogP contribution is -2.04. The molecule has 0 aliphatic heterocycles. The summed E-state index contributed by atoms with van der Waals surface area (Å²) in [6.07, 6.45) is 3.61. The fraction of sp³-hybridized carbons (Fsp3) is 0.462. The van der Waals surface area contributed by atoms with Crippen LogP contribution < -0.4 is 0 Å². The van der Waals surface area contributed by atoms with E-state index in [-0.39, 0.29) is 0 Å². The summed E-state index contributed by atoms with van der Waals surface area (Å²) in [6.45, 7) is 4.11. The zero-order valence-corrected chi connectivity index (χ0v) is 11.4. The van der Waals surface area contributed by atoms with Gasteiger partial charge < -0.3 is 5.11 Å². The van der Waals surface area contributed by atoms with Crippen LogP contribution in [0.25, 0.3) is 0 Å². The lowest BCUT2D eigenvalue weighted by atomic mass is 10.1. The van der Waals surface area contributed by atoms with E-state index in [9.17, 15) is 5.11 Å². The summed E-state index contributed by atoms with van der Waals surface area (Å²) in [7, 11) is 0. The quantitative estimate of drug-likeness (QED) is 0.899. The number of pyridine rings is 1. The molecule has 0 radical (unpaired) electrons. The topological polar surface area (TPSA) is 58.9 Å². The van der Waals surface area contributed by atoms with Gasteiger partial charge in [0.2, 0.25) is 0 Å². The molecule has 96 valence electrons. The Hall–Kier alpha value is -1.33. The average Bonchev–Trinajstić information content (AvgIpc) is 2.88. The minimum absolute atomic E-state index is 0.515. The van der Waals surface area contributed by atoms with Crippen LogP contribution in [-0.2, 0) is 19.3 Å². The summed E-state index contributed by atoms with van der Waals surface area (Å²) < 4.78 is 3.89. The second-order valence-electron chi connectivity index (χ2n) is 4.17. The van der Waals surface area contributed by atoms with Gasteiger partial charge in [-0.25, -0.2) is 0 Å². The first-order valence-electron chi connectivity index (χ1n) is 6.17. The molecule has 18 heavy (non-hydrogen) atoms. The van der Waals surface area contributed by atoms with Crippen LogP contribution in [0.15, 0.2) is 18.3 Å². The SMILES string of the molecule is CCc1ccc(CC(O)c2snnc2CC)nc1. The van der Waals surface area contributed by atoms with E-state index < -0.39 is 6.10 Å². The summed E-state index contributed by atoms with van der Waals surface area (Å²) in [5, 5.41) is 14.2. The molecule has 0 aliphatic carbocycles. The Morgan fingerprint density at radius 3 is 2.72 bits per heavy atom. The van der Waals surface area contributed by atoms with Crippen LogP contribution >= 0.6 is 11.5 Å². The molecule has 2 rings (SSSR count). The summed E-state index contributed by atoms with van der Waals surface area (Å²) in [6, 6.07) is 4.03. The van der Waals surface area contributed by atoms with Crippen LogP contribution in [-0.4, -0.2) is 19.7 Å². The first-order valence-corrected chi connectivity index (χ1v) is 6.94. The molecule has 2 aromatic heterocycles. The minimum atomic E-state index is -0.556. The number of nitrogens with zero attached hydrogens (tertiary/aromatic N) is 3. The molecule has 1 atom stereocenters. The van der Waals surface area contributed by atoms with Gasteiger partial charge >= 0.3 is 0 Å². The summed E-state index contributed by atoms with van der Waals surface area (Å²) in [5.41, 5.74) is 3.00. The third-order valence-corrected chi connectivity index (χ3v) is 3.79. The largest absolute Gasteiger partial charge is 0.387 e. The molecule has 1 unspecified atom stereocenters. The van der Waals surface area contributed by atoms with Crippen molar-refractivity contribution in [3.05, 3.63) is 40.2 Å². The zero-order chi connectivity index (χ0) is 13.0. The fourth-order valence-corrected chi connectivity index (χ4v) is 2.51. The van der Waals surface area contributed by atoms with Crippen molar-refractivity contribution >= 4 is 11.5 Å². The van der Waals surface area contributed by atoms with Crippen LogP contribution in [0, 0.1) is 0 Å². The maximum atomic E-state index is 10.2. The first kappa shape index (κ1) is 13.1. The molecule has 5 heteroatoms. The Bertz CT molecular complexity index is 495. The predicted molar refractivity (Wildman–Crippen MR) is 71.6 cm³/mol. The van der Waals surface area contributed by atoms with Crippen molar-refractivity contribution < 1.29 is 5.11 Å². The zero-order valence-electron chi connectivity index (χ0n) is 10.6. The van der Waals surface area contributed by atoms with Gasteiger partial charge in [0.15, 0.2) is 0 Å². The van der Waals surface area contributed by atoms with Crippen molar-refractivity contribution in [3.63, 3.8) is 0 Å². The van der Waals surface area contributed by atoms with E-state index in [2.05, 4.69) is 27.6 Å². The maximum Gasteiger partial charge on any atom is 0.0972 e. The van der Waals surface area contributed by atoms with Crippen molar-refractivity contribution in [3.8, 4) is 0 Å². The Morgan fingerprint density at radius 2 is 2.11 bits per heavy atom. The van der Waals surface area contributed by atoms with Gasteiger partial charge in [-0.05, 0) is 36.0 Å².